The molecular weight excluding hydrogens is 368 g/mol. The van der Waals surface area contributed by atoms with E-state index in [4.69, 9.17) is 0 Å². The van der Waals surface area contributed by atoms with Crippen molar-refractivity contribution in [2.24, 2.45) is 46.3 Å². The SMILES string of the molecule is C/C=C(/O)CC[C@@H](C)C1CCC2[C@H]3C(CC[C@@]21C)[C@@]1(C)CCCC[C@H]1C[C@@H]3O.CC. The van der Waals surface area contributed by atoms with Crippen molar-refractivity contribution in [2.75, 3.05) is 0 Å². The largest absolute Gasteiger partial charge is 0.513 e. The maximum Gasteiger partial charge on any atom is 0.0880 e. The number of allylic oxidation sites excluding steroid dienone is 2. The van der Waals surface area contributed by atoms with E-state index in [9.17, 15) is 10.2 Å². The van der Waals surface area contributed by atoms with E-state index in [1.165, 1.54) is 51.4 Å². The van der Waals surface area contributed by atoms with Crippen LogP contribution >= 0.6 is 0 Å². The van der Waals surface area contributed by atoms with Crippen molar-refractivity contribution in [1.29, 1.82) is 0 Å². The highest BCUT2D eigenvalue weighted by Gasteiger charge is 2.62. The van der Waals surface area contributed by atoms with Gasteiger partial charge in [0.25, 0.3) is 0 Å². The minimum atomic E-state index is -0.0630. The molecule has 2 heteroatoms. The van der Waals surface area contributed by atoms with Gasteiger partial charge >= 0.3 is 0 Å². The summed E-state index contributed by atoms with van der Waals surface area (Å²) >= 11 is 0. The van der Waals surface area contributed by atoms with Gasteiger partial charge in [-0.1, -0.05) is 47.5 Å². The quantitative estimate of drug-likeness (QED) is 0.455. The van der Waals surface area contributed by atoms with E-state index in [1.807, 2.05) is 26.8 Å². The summed E-state index contributed by atoms with van der Waals surface area (Å²) in [6.07, 6.45) is 15.7. The number of rotatable bonds is 4. The van der Waals surface area contributed by atoms with Crippen LogP contribution in [-0.2, 0) is 0 Å². The third-order valence-electron chi connectivity index (χ3n) is 10.5. The molecule has 0 saturated heterocycles. The maximum atomic E-state index is 11.3. The molecule has 4 rings (SSSR count). The Balaban J connectivity index is 0.00000124. The minimum absolute atomic E-state index is 0.0630. The fourth-order valence-electron chi connectivity index (χ4n) is 8.95. The summed E-state index contributed by atoms with van der Waals surface area (Å²) in [7, 11) is 0. The van der Waals surface area contributed by atoms with Crippen LogP contribution in [0.1, 0.15) is 112 Å². The molecule has 0 spiro atoms. The first-order chi connectivity index (χ1) is 14.3. The fourth-order valence-corrected chi connectivity index (χ4v) is 8.95. The van der Waals surface area contributed by atoms with Crippen LogP contribution in [0.2, 0.25) is 0 Å². The topological polar surface area (TPSA) is 40.5 Å². The predicted octanol–water partition coefficient (Wildman–Crippen LogP) is 7.91. The zero-order valence-electron chi connectivity index (χ0n) is 20.8. The second kappa shape index (κ2) is 9.55. The summed E-state index contributed by atoms with van der Waals surface area (Å²) in [6.45, 7) is 13.5. The maximum absolute atomic E-state index is 11.3. The van der Waals surface area contributed by atoms with Gasteiger partial charge < -0.3 is 10.2 Å². The van der Waals surface area contributed by atoms with Crippen LogP contribution in [0.3, 0.4) is 0 Å². The van der Waals surface area contributed by atoms with E-state index in [1.54, 1.807) is 0 Å². The molecule has 0 bridgehead atoms. The van der Waals surface area contributed by atoms with Gasteiger partial charge in [-0.25, -0.2) is 0 Å². The molecule has 2 N–H and O–H groups in total. The number of hydrogen-bond acceptors (Lipinski definition) is 2. The van der Waals surface area contributed by atoms with Crippen molar-refractivity contribution < 1.29 is 10.2 Å². The molecule has 0 aromatic rings. The lowest BCUT2D eigenvalue weighted by Crippen LogP contribution is -2.57. The molecule has 4 aliphatic carbocycles. The van der Waals surface area contributed by atoms with Crippen LogP contribution < -0.4 is 0 Å². The van der Waals surface area contributed by atoms with Gasteiger partial charge in [0.2, 0.25) is 0 Å². The standard InChI is InChI=1S/C26H44O2.C2H6/c1-5-19(27)10-9-17(2)20-11-12-21-24-22(13-15-26(20,21)4)25(3)14-7-6-8-18(25)16-23(24)28;1-2/h5,17-18,20-24,27-28H,6-16H2,1-4H3;1-2H3/b19-5+;/t17-,18+,20?,21?,22?,23+,24+,25+,26-;/m1./s1. The molecule has 4 saturated carbocycles. The normalized spacial score (nSPS) is 46.7. The van der Waals surface area contributed by atoms with Crippen LogP contribution in [0.5, 0.6) is 0 Å². The average Bonchev–Trinajstić information content (AvgIpc) is 3.10. The first-order valence-corrected chi connectivity index (χ1v) is 13.3. The van der Waals surface area contributed by atoms with Crippen molar-refractivity contribution in [1.82, 2.24) is 0 Å². The smallest absolute Gasteiger partial charge is 0.0880 e. The Morgan fingerprint density at radius 3 is 2.40 bits per heavy atom. The lowest BCUT2D eigenvalue weighted by molar-refractivity contribution is -0.164. The Morgan fingerprint density at radius 1 is 1.00 bits per heavy atom. The number of fused-ring (bicyclic) bond motifs is 5. The summed E-state index contributed by atoms with van der Waals surface area (Å²) < 4.78 is 0. The summed E-state index contributed by atoms with van der Waals surface area (Å²) in [4.78, 5) is 0. The zero-order valence-corrected chi connectivity index (χ0v) is 20.8. The molecule has 30 heavy (non-hydrogen) atoms. The Hall–Kier alpha value is -0.500. The molecule has 0 aromatic heterocycles. The minimum Gasteiger partial charge on any atom is -0.513 e. The fraction of sp³-hybridized carbons (Fsp3) is 0.929. The predicted molar refractivity (Wildman–Crippen MR) is 127 cm³/mol. The van der Waals surface area contributed by atoms with Crippen LogP contribution in [0.15, 0.2) is 11.8 Å². The zero-order chi connectivity index (χ0) is 22.1. The Morgan fingerprint density at radius 2 is 1.70 bits per heavy atom. The van der Waals surface area contributed by atoms with Gasteiger partial charge in [-0.3, -0.25) is 0 Å². The average molecular weight is 419 g/mol. The highest BCUT2D eigenvalue weighted by Crippen LogP contribution is 2.68. The van der Waals surface area contributed by atoms with Crippen LogP contribution in [0, 0.1) is 46.3 Å². The molecule has 4 fully saturated rings. The van der Waals surface area contributed by atoms with E-state index in [0.29, 0.717) is 34.3 Å². The van der Waals surface area contributed by atoms with Crippen molar-refractivity contribution in [3.8, 4) is 0 Å². The molecule has 0 aliphatic heterocycles. The van der Waals surface area contributed by atoms with E-state index in [2.05, 4.69) is 20.8 Å². The number of hydrogen-bond donors (Lipinski definition) is 2. The van der Waals surface area contributed by atoms with Gasteiger partial charge in [-0.2, -0.15) is 0 Å². The first kappa shape index (κ1) is 24.1. The summed E-state index contributed by atoms with van der Waals surface area (Å²) in [6, 6.07) is 0. The monoisotopic (exact) mass is 418 g/mol. The van der Waals surface area contributed by atoms with E-state index < -0.39 is 0 Å². The van der Waals surface area contributed by atoms with Gasteiger partial charge in [0.15, 0.2) is 0 Å². The van der Waals surface area contributed by atoms with Gasteiger partial charge in [0.1, 0.15) is 0 Å². The highest BCUT2D eigenvalue weighted by molar-refractivity contribution is 5.11. The van der Waals surface area contributed by atoms with Gasteiger partial charge in [-0.15, -0.1) is 0 Å². The summed E-state index contributed by atoms with van der Waals surface area (Å²) in [5.74, 6) is 4.74. The third-order valence-corrected chi connectivity index (χ3v) is 10.5. The Bertz CT molecular complexity index is 597. The van der Waals surface area contributed by atoms with Gasteiger partial charge in [0.05, 0.1) is 11.9 Å². The summed E-state index contributed by atoms with van der Waals surface area (Å²) in [5, 5.41) is 21.2. The van der Waals surface area contributed by atoms with Gasteiger partial charge in [-0.05, 0) is 111 Å². The number of aliphatic hydroxyl groups is 2. The van der Waals surface area contributed by atoms with E-state index in [-0.39, 0.29) is 6.10 Å². The van der Waals surface area contributed by atoms with Crippen LogP contribution in [0.4, 0.5) is 0 Å². The van der Waals surface area contributed by atoms with Crippen molar-refractivity contribution in [3.05, 3.63) is 11.8 Å². The number of aliphatic hydroxyl groups excluding tert-OH is 2. The van der Waals surface area contributed by atoms with Crippen LogP contribution in [-0.4, -0.2) is 16.3 Å². The molecule has 9 atom stereocenters. The second-order valence-electron chi connectivity index (χ2n) is 11.6. The van der Waals surface area contributed by atoms with Crippen molar-refractivity contribution in [3.63, 3.8) is 0 Å². The molecular formula is C28H50O2. The summed E-state index contributed by atoms with van der Waals surface area (Å²) in [5.41, 5.74) is 0.885. The van der Waals surface area contributed by atoms with E-state index >= 15 is 0 Å². The second-order valence-corrected chi connectivity index (χ2v) is 11.6. The molecule has 0 aromatic carbocycles. The molecule has 3 unspecified atom stereocenters. The molecule has 0 heterocycles. The Kier molecular flexibility index (Phi) is 7.69. The molecule has 174 valence electrons. The lowest BCUT2D eigenvalue weighted by atomic mass is 9.44. The van der Waals surface area contributed by atoms with Crippen molar-refractivity contribution in [2.45, 2.75) is 118 Å². The molecule has 0 amide bonds. The molecule has 4 aliphatic rings. The third kappa shape index (κ3) is 4.00. The highest BCUT2D eigenvalue weighted by atomic mass is 16.3. The van der Waals surface area contributed by atoms with E-state index in [0.717, 1.165) is 37.0 Å². The van der Waals surface area contributed by atoms with Gasteiger partial charge in [0, 0.05) is 6.42 Å². The van der Waals surface area contributed by atoms with Crippen LogP contribution in [0.25, 0.3) is 0 Å². The lowest BCUT2D eigenvalue weighted by Gasteiger charge is -2.62. The van der Waals surface area contributed by atoms with Crippen molar-refractivity contribution >= 4 is 0 Å². The molecule has 0 radical (unpaired) electrons. The first-order valence-electron chi connectivity index (χ1n) is 13.3. The Labute approximate surface area is 186 Å². The molecule has 2 nitrogen and oxygen atoms in total.